The third kappa shape index (κ3) is 7.50. The Morgan fingerprint density at radius 2 is 1.48 bits per heavy atom. The largest absolute Gasteiger partial charge is 0.435 e. The number of aryl methyl sites for hydroxylation is 1. The van der Waals surface area contributed by atoms with E-state index in [4.69, 9.17) is 0 Å². The molecular formula is C25H27F2N2O2+. The van der Waals surface area contributed by atoms with Gasteiger partial charge in [0.1, 0.15) is 11.8 Å². The Morgan fingerprint density at radius 1 is 0.871 bits per heavy atom. The van der Waals surface area contributed by atoms with Crippen molar-refractivity contribution in [2.45, 2.75) is 25.5 Å². The molecule has 3 aromatic rings. The van der Waals surface area contributed by atoms with Gasteiger partial charge in [-0.25, -0.2) is 0 Å². The van der Waals surface area contributed by atoms with Crippen molar-refractivity contribution in [2.75, 3.05) is 13.1 Å². The molecule has 0 aliphatic rings. The molecule has 4 nitrogen and oxygen atoms in total. The molecule has 0 heterocycles. The monoisotopic (exact) mass is 425 g/mol. The minimum atomic E-state index is -2.85. The maximum atomic E-state index is 12.4. The molecule has 0 spiro atoms. The van der Waals surface area contributed by atoms with Gasteiger partial charge in [0, 0.05) is 17.7 Å². The lowest BCUT2D eigenvalue weighted by Gasteiger charge is -2.17. The first-order valence-electron chi connectivity index (χ1n) is 10.4. The Hall–Kier alpha value is -3.25. The number of carbonyl (C=O) groups excluding carboxylic acids is 1. The third-order valence-corrected chi connectivity index (χ3v) is 4.97. The van der Waals surface area contributed by atoms with Crippen LogP contribution in [0.4, 0.5) is 8.78 Å². The number of ether oxygens (including phenoxy) is 1. The van der Waals surface area contributed by atoms with Crippen molar-refractivity contribution in [3.05, 3.63) is 102 Å². The average molecular weight is 425 g/mol. The zero-order valence-electron chi connectivity index (χ0n) is 17.2. The standard InChI is InChI=1S/C25H26F2N2O2/c26-25(27)31-22-15-13-21(14-16-22)24(20-11-5-2-6-12-20)29-18-23(30)28-17-7-10-19-8-3-1-4-9-19/h1-6,8-9,11-16,24-25,29H,7,10,17-18H2,(H,28,30)/p+1/t24-/m1/s1. The number of quaternary nitrogens is 1. The molecule has 1 atom stereocenters. The second-order valence-electron chi connectivity index (χ2n) is 7.21. The Labute approximate surface area is 181 Å². The third-order valence-electron chi connectivity index (χ3n) is 4.97. The first-order chi connectivity index (χ1) is 15.1. The summed E-state index contributed by atoms with van der Waals surface area (Å²) in [6.45, 7) is -1.97. The second-order valence-corrected chi connectivity index (χ2v) is 7.21. The molecule has 0 unspecified atom stereocenters. The highest BCUT2D eigenvalue weighted by atomic mass is 19.3. The number of benzene rings is 3. The van der Waals surface area contributed by atoms with E-state index in [1.54, 1.807) is 12.1 Å². The van der Waals surface area contributed by atoms with E-state index in [1.807, 2.05) is 53.8 Å². The molecule has 0 aliphatic carbocycles. The molecule has 6 heteroatoms. The van der Waals surface area contributed by atoms with Gasteiger partial charge >= 0.3 is 6.61 Å². The number of alkyl halides is 2. The fourth-order valence-corrected chi connectivity index (χ4v) is 3.44. The van der Waals surface area contributed by atoms with Crippen LogP contribution in [-0.4, -0.2) is 25.6 Å². The van der Waals surface area contributed by atoms with Gasteiger partial charge in [-0.05, 0) is 42.7 Å². The van der Waals surface area contributed by atoms with Crippen molar-refractivity contribution < 1.29 is 23.6 Å². The van der Waals surface area contributed by atoms with Crippen LogP contribution in [0, 0.1) is 0 Å². The summed E-state index contributed by atoms with van der Waals surface area (Å²) in [5.41, 5.74) is 3.19. The number of nitrogens with one attached hydrogen (secondary N) is 1. The molecule has 0 saturated carbocycles. The van der Waals surface area contributed by atoms with Gasteiger partial charge in [-0.15, -0.1) is 0 Å². The van der Waals surface area contributed by atoms with Crippen LogP contribution < -0.4 is 15.4 Å². The predicted octanol–water partition coefficient (Wildman–Crippen LogP) is 3.69. The van der Waals surface area contributed by atoms with Crippen molar-refractivity contribution in [3.8, 4) is 5.75 Å². The predicted molar refractivity (Wildman–Crippen MR) is 116 cm³/mol. The lowest BCUT2D eigenvalue weighted by atomic mass is 9.98. The number of nitrogens with two attached hydrogens (primary N) is 1. The van der Waals surface area contributed by atoms with Gasteiger partial charge < -0.3 is 15.4 Å². The zero-order valence-corrected chi connectivity index (χ0v) is 17.2. The van der Waals surface area contributed by atoms with Crippen LogP contribution in [0.1, 0.15) is 29.2 Å². The van der Waals surface area contributed by atoms with E-state index in [1.165, 1.54) is 17.7 Å². The van der Waals surface area contributed by atoms with Crippen LogP contribution in [0.25, 0.3) is 0 Å². The minimum absolute atomic E-state index is 0.0355. The molecular weight excluding hydrogens is 398 g/mol. The fraction of sp³-hybridized carbons (Fsp3) is 0.240. The summed E-state index contributed by atoms with van der Waals surface area (Å²) in [5, 5.41) is 4.92. The molecule has 3 rings (SSSR count). The van der Waals surface area contributed by atoms with Crippen LogP contribution in [0.15, 0.2) is 84.9 Å². The summed E-state index contributed by atoms with van der Waals surface area (Å²) >= 11 is 0. The number of rotatable bonds is 11. The topological polar surface area (TPSA) is 54.9 Å². The number of hydrogen-bond acceptors (Lipinski definition) is 2. The van der Waals surface area contributed by atoms with Crippen molar-refractivity contribution in [1.29, 1.82) is 0 Å². The first kappa shape index (κ1) is 22.4. The number of hydrogen-bond donors (Lipinski definition) is 2. The normalized spacial score (nSPS) is 11.8. The van der Waals surface area contributed by atoms with E-state index in [2.05, 4.69) is 22.2 Å². The van der Waals surface area contributed by atoms with E-state index < -0.39 is 6.61 Å². The first-order valence-corrected chi connectivity index (χ1v) is 10.4. The van der Waals surface area contributed by atoms with Gasteiger partial charge in [0.2, 0.25) is 0 Å². The molecule has 0 aromatic heterocycles. The lowest BCUT2D eigenvalue weighted by molar-refractivity contribution is -0.676. The van der Waals surface area contributed by atoms with Gasteiger partial charge in [-0.1, -0.05) is 60.7 Å². The summed E-state index contributed by atoms with van der Waals surface area (Å²) < 4.78 is 29.2. The van der Waals surface area contributed by atoms with E-state index in [9.17, 15) is 13.6 Å². The Kier molecular flexibility index (Phi) is 8.55. The fourth-order valence-electron chi connectivity index (χ4n) is 3.44. The van der Waals surface area contributed by atoms with Gasteiger partial charge in [-0.3, -0.25) is 4.79 Å². The molecule has 162 valence electrons. The highest BCUT2D eigenvalue weighted by Gasteiger charge is 2.19. The Balaban J connectivity index is 1.54. The maximum absolute atomic E-state index is 12.4. The van der Waals surface area contributed by atoms with Crippen LogP contribution >= 0.6 is 0 Å². The van der Waals surface area contributed by atoms with E-state index >= 15 is 0 Å². The molecule has 3 aromatic carbocycles. The van der Waals surface area contributed by atoms with E-state index in [0.29, 0.717) is 6.54 Å². The highest BCUT2D eigenvalue weighted by Crippen LogP contribution is 2.22. The molecule has 0 radical (unpaired) electrons. The van der Waals surface area contributed by atoms with E-state index in [0.717, 1.165) is 24.0 Å². The van der Waals surface area contributed by atoms with Crippen molar-refractivity contribution in [3.63, 3.8) is 0 Å². The van der Waals surface area contributed by atoms with E-state index in [-0.39, 0.29) is 24.2 Å². The summed E-state index contributed by atoms with van der Waals surface area (Å²) in [7, 11) is 0. The molecule has 0 saturated heterocycles. The average Bonchev–Trinajstić information content (AvgIpc) is 2.79. The zero-order chi connectivity index (χ0) is 21.9. The van der Waals surface area contributed by atoms with Gasteiger partial charge in [0.25, 0.3) is 5.91 Å². The molecule has 1 amide bonds. The van der Waals surface area contributed by atoms with Crippen LogP contribution in [-0.2, 0) is 11.2 Å². The van der Waals surface area contributed by atoms with Gasteiger partial charge in [-0.2, -0.15) is 8.78 Å². The van der Waals surface area contributed by atoms with Gasteiger partial charge in [0.05, 0.1) is 0 Å². The molecule has 0 bridgehead atoms. The maximum Gasteiger partial charge on any atom is 0.387 e. The smallest absolute Gasteiger partial charge is 0.387 e. The number of halogens is 2. The summed E-state index contributed by atoms with van der Waals surface area (Å²) in [5.74, 6) is 0.0772. The van der Waals surface area contributed by atoms with Crippen molar-refractivity contribution in [2.24, 2.45) is 0 Å². The van der Waals surface area contributed by atoms with Crippen molar-refractivity contribution in [1.82, 2.24) is 5.32 Å². The lowest BCUT2D eigenvalue weighted by Crippen LogP contribution is -2.87. The molecule has 0 aliphatic heterocycles. The number of amides is 1. The quantitative estimate of drug-likeness (QED) is 0.461. The molecule has 31 heavy (non-hydrogen) atoms. The Bertz CT molecular complexity index is 919. The van der Waals surface area contributed by atoms with Gasteiger partial charge in [0.15, 0.2) is 6.54 Å². The van der Waals surface area contributed by atoms with Crippen LogP contribution in [0.3, 0.4) is 0 Å². The number of carbonyl (C=O) groups is 1. The summed E-state index contributed by atoms with van der Waals surface area (Å²) in [6.07, 6.45) is 1.80. The Morgan fingerprint density at radius 3 is 2.13 bits per heavy atom. The highest BCUT2D eigenvalue weighted by molar-refractivity contribution is 5.76. The van der Waals surface area contributed by atoms with Crippen molar-refractivity contribution >= 4 is 5.91 Å². The second kappa shape index (κ2) is 11.8. The molecule has 0 fully saturated rings. The molecule has 3 N–H and O–H groups in total. The van der Waals surface area contributed by atoms with Crippen LogP contribution in [0.5, 0.6) is 5.75 Å². The van der Waals surface area contributed by atoms with Crippen LogP contribution in [0.2, 0.25) is 0 Å². The summed E-state index contributed by atoms with van der Waals surface area (Å²) in [6, 6.07) is 26.4. The summed E-state index contributed by atoms with van der Waals surface area (Å²) in [4.78, 5) is 12.4. The SMILES string of the molecule is O=C(C[NH2+][C@H](c1ccccc1)c1ccc(OC(F)F)cc1)NCCCc1ccccc1. The minimum Gasteiger partial charge on any atom is -0.435 e.